The normalized spacial score (nSPS) is 9.94. The number of carboxylic acid groups (broad SMARTS) is 1. The molecule has 0 bridgehead atoms. The zero-order valence-electron chi connectivity index (χ0n) is 9.24. The summed E-state index contributed by atoms with van der Waals surface area (Å²) in [7, 11) is 1.49. The Labute approximate surface area is 99.4 Å². The molecule has 16 heavy (non-hydrogen) atoms. The van der Waals surface area contributed by atoms with Crippen molar-refractivity contribution < 1.29 is 14.6 Å². The summed E-state index contributed by atoms with van der Waals surface area (Å²) in [4.78, 5) is 11.7. The number of aryl methyl sites for hydroxylation is 1. The highest BCUT2D eigenvalue weighted by Gasteiger charge is 2.06. The van der Waals surface area contributed by atoms with Crippen molar-refractivity contribution in [1.29, 1.82) is 0 Å². The number of carbonyl (C=O) groups is 1. The van der Waals surface area contributed by atoms with Crippen molar-refractivity contribution in [2.24, 2.45) is 0 Å². The third-order valence-electron chi connectivity index (χ3n) is 2.10. The quantitative estimate of drug-likeness (QED) is 0.885. The van der Waals surface area contributed by atoms with Crippen molar-refractivity contribution in [3.63, 3.8) is 0 Å². The van der Waals surface area contributed by atoms with E-state index in [1.165, 1.54) is 7.05 Å². The van der Waals surface area contributed by atoms with Crippen LogP contribution in [0.15, 0.2) is 18.2 Å². The summed E-state index contributed by atoms with van der Waals surface area (Å²) in [6.45, 7) is 2.53. The number of rotatable bonds is 4. The smallest absolute Gasteiger partial charge is 0.407 e. The van der Waals surface area contributed by atoms with Crippen LogP contribution in [0.2, 0.25) is 5.02 Å². The van der Waals surface area contributed by atoms with Crippen LogP contribution >= 0.6 is 11.6 Å². The topological polar surface area (TPSA) is 49.8 Å². The van der Waals surface area contributed by atoms with Crippen molar-refractivity contribution in [3.8, 4) is 5.75 Å². The van der Waals surface area contributed by atoms with Crippen molar-refractivity contribution in [2.75, 3.05) is 20.2 Å². The van der Waals surface area contributed by atoms with E-state index in [9.17, 15) is 4.79 Å². The largest absolute Gasteiger partial charge is 0.490 e. The summed E-state index contributed by atoms with van der Waals surface area (Å²) in [5.74, 6) is 0.575. The van der Waals surface area contributed by atoms with Crippen LogP contribution in [0.3, 0.4) is 0 Å². The fraction of sp³-hybridized carbons (Fsp3) is 0.364. The first kappa shape index (κ1) is 12.6. The van der Waals surface area contributed by atoms with Gasteiger partial charge in [-0.05, 0) is 24.6 Å². The second kappa shape index (κ2) is 5.61. The SMILES string of the molecule is Cc1ccc(OCCN(C)C(=O)O)c(Cl)c1. The number of hydrogen-bond donors (Lipinski definition) is 1. The van der Waals surface area contributed by atoms with Gasteiger partial charge in [0.2, 0.25) is 0 Å². The molecular formula is C11H14ClNO3. The third kappa shape index (κ3) is 3.62. The van der Waals surface area contributed by atoms with Gasteiger partial charge in [-0.1, -0.05) is 17.7 Å². The van der Waals surface area contributed by atoms with Crippen LogP contribution in [0.5, 0.6) is 5.75 Å². The summed E-state index contributed by atoms with van der Waals surface area (Å²) in [5.41, 5.74) is 1.06. The van der Waals surface area contributed by atoms with Crippen molar-refractivity contribution in [2.45, 2.75) is 6.92 Å². The van der Waals surface area contributed by atoms with E-state index in [1.807, 2.05) is 13.0 Å². The van der Waals surface area contributed by atoms with Gasteiger partial charge in [0.05, 0.1) is 11.6 Å². The molecule has 5 heteroatoms. The lowest BCUT2D eigenvalue weighted by Crippen LogP contribution is -2.29. The second-order valence-corrected chi connectivity index (χ2v) is 3.89. The summed E-state index contributed by atoms with van der Waals surface area (Å²) in [6, 6.07) is 5.47. The monoisotopic (exact) mass is 243 g/mol. The summed E-state index contributed by atoms with van der Waals surface area (Å²) < 4.78 is 5.38. The van der Waals surface area contributed by atoms with Crippen LogP contribution in [0.4, 0.5) is 4.79 Å². The predicted molar refractivity (Wildman–Crippen MR) is 62.3 cm³/mol. The van der Waals surface area contributed by atoms with Gasteiger partial charge in [-0.2, -0.15) is 0 Å². The van der Waals surface area contributed by atoms with Gasteiger partial charge in [0.25, 0.3) is 0 Å². The first-order valence-electron chi connectivity index (χ1n) is 4.83. The lowest BCUT2D eigenvalue weighted by molar-refractivity contribution is 0.147. The molecule has 0 unspecified atom stereocenters. The third-order valence-corrected chi connectivity index (χ3v) is 2.39. The predicted octanol–water partition coefficient (Wildman–Crippen LogP) is 2.64. The Kier molecular flexibility index (Phi) is 4.43. The molecule has 0 atom stereocenters. The van der Waals surface area contributed by atoms with Gasteiger partial charge >= 0.3 is 6.09 Å². The Bertz CT molecular complexity index is 381. The van der Waals surface area contributed by atoms with E-state index < -0.39 is 6.09 Å². The fourth-order valence-corrected chi connectivity index (χ4v) is 1.40. The molecule has 88 valence electrons. The van der Waals surface area contributed by atoms with Gasteiger partial charge in [0.15, 0.2) is 0 Å². The van der Waals surface area contributed by atoms with Crippen LogP contribution in [-0.4, -0.2) is 36.3 Å². The molecule has 1 amide bonds. The van der Waals surface area contributed by atoms with Gasteiger partial charge in [0, 0.05) is 7.05 Å². The Hall–Kier alpha value is -1.42. The number of amides is 1. The zero-order chi connectivity index (χ0) is 12.1. The Morgan fingerprint density at radius 1 is 1.56 bits per heavy atom. The van der Waals surface area contributed by atoms with E-state index in [0.29, 0.717) is 17.3 Å². The first-order valence-corrected chi connectivity index (χ1v) is 5.21. The van der Waals surface area contributed by atoms with Crippen LogP contribution in [-0.2, 0) is 0 Å². The number of nitrogens with zero attached hydrogens (tertiary/aromatic N) is 1. The highest BCUT2D eigenvalue weighted by molar-refractivity contribution is 6.32. The average Bonchev–Trinajstić information content (AvgIpc) is 2.20. The number of ether oxygens (including phenoxy) is 1. The van der Waals surface area contributed by atoms with E-state index >= 15 is 0 Å². The molecule has 0 saturated heterocycles. The molecule has 1 rings (SSSR count). The molecule has 1 aromatic carbocycles. The second-order valence-electron chi connectivity index (χ2n) is 3.49. The molecule has 0 heterocycles. The maximum Gasteiger partial charge on any atom is 0.407 e. The standard InChI is InChI=1S/C11H14ClNO3/c1-8-3-4-10(9(12)7-8)16-6-5-13(2)11(14)15/h3-4,7H,5-6H2,1-2H3,(H,14,15). The van der Waals surface area contributed by atoms with Gasteiger partial charge in [0.1, 0.15) is 12.4 Å². The molecule has 0 fully saturated rings. The maximum atomic E-state index is 10.5. The minimum atomic E-state index is -0.974. The Morgan fingerprint density at radius 2 is 2.25 bits per heavy atom. The molecule has 0 aliphatic rings. The van der Waals surface area contributed by atoms with E-state index in [2.05, 4.69) is 0 Å². The lowest BCUT2D eigenvalue weighted by Gasteiger charge is -2.14. The minimum absolute atomic E-state index is 0.283. The molecule has 0 aliphatic heterocycles. The highest BCUT2D eigenvalue weighted by atomic mass is 35.5. The molecule has 0 spiro atoms. The lowest BCUT2D eigenvalue weighted by atomic mass is 10.2. The molecule has 0 aromatic heterocycles. The summed E-state index contributed by atoms with van der Waals surface area (Å²) >= 11 is 5.95. The fourth-order valence-electron chi connectivity index (χ4n) is 1.11. The van der Waals surface area contributed by atoms with Crippen LogP contribution in [0.1, 0.15) is 5.56 Å². The molecule has 1 N–H and O–H groups in total. The molecule has 4 nitrogen and oxygen atoms in total. The highest BCUT2D eigenvalue weighted by Crippen LogP contribution is 2.24. The molecular weight excluding hydrogens is 230 g/mol. The van der Waals surface area contributed by atoms with Crippen LogP contribution in [0.25, 0.3) is 0 Å². The number of hydrogen-bond acceptors (Lipinski definition) is 2. The van der Waals surface area contributed by atoms with E-state index in [4.69, 9.17) is 21.4 Å². The van der Waals surface area contributed by atoms with Gasteiger partial charge in [-0.25, -0.2) is 4.79 Å². The summed E-state index contributed by atoms with van der Waals surface area (Å²) in [6.07, 6.45) is -0.974. The van der Waals surface area contributed by atoms with Gasteiger partial charge in [-0.15, -0.1) is 0 Å². The van der Waals surface area contributed by atoms with Crippen LogP contribution in [0, 0.1) is 6.92 Å². The number of halogens is 1. The molecule has 0 aliphatic carbocycles. The molecule has 0 radical (unpaired) electrons. The maximum absolute atomic E-state index is 10.5. The zero-order valence-corrected chi connectivity index (χ0v) is 9.99. The Balaban J connectivity index is 2.46. The summed E-state index contributed by atoms with van der Waals surface area (Å²) in [5, 5.41) is 9.15. The van der Waals surface area contributed by atoms with Gasteiger partial charge in [-0.3, -0.25) is 0 Å². The minimum Gasteiger partial charge on any atom is -0.490 e. The van der Waals surface area contributed by atoms with E-state index in [1.54, 1.807) is 12.1 Å². The van der Waals surface area contributed by atoms with Crippen molar-refractivity contribution >= 4 is 17.7 Å². The van der Waals surface area contributed by atoms with Crippen molar-refractivity contribution in [1.82, 2.24) is 4.90 Å². The Morgan fingerprint density at radius 3 is 2.81 bits per heavy atom. The van der Waals surface area contributed by atoms with E-state index in [-0.39, 0.29) is 6.61 Å². The molecule has 0 saturated carbocycles. The number of benzene rings is 1. The van der Waals surface area contributed by atoms with E-state index in [0.717, 1.165) is 10.5 Å². The average molecular weight is 244 g/mol. The van der Waals surface area contributed by atoms with Crippen LogP contribution < -0.4 is 4.74 Å². The van der Waals surface area contributed by atoms with Crippen molar-refractivity contribution in [3.05, 3.63) is 28.8 Å². The molecule has 1 aromatic rings. The first-order chi connectivity index (χ1) is 7.50. The number of likely N-dealkylation sites (N-methyl/N-ethyl adjacent to an activating group) is 1. The van der Waals surface area contributed by atoms with Gasteiger partial charge < -0.3 is 14.7 Å².